The summed E-state index contributed by atoms with van der Waals surface area (Å²) < 4.78 is 46.4. The number of methoxy groups -OCH3 is 1. The maximum absolute atomic E-state index is 12.7. The molecule has 2 amide bonds. The van der Waals surface area contributed by atoms with Crippen LogP contribution in [0.2, 0.25) is 0 Å². The second kappa shape index (κ2) is 11.0. The van der Waals surface area contributed by atoms with Gasteiger partial charge in [-0.1, -0.05) is 5.16 Å². The first kappa shape index (κ1) is 26.7. The van der Waals surface area contributed by atoms with Crippen LogP contribution in [-0.4, -0.2) is 95.7 Å². The minimum Gasteiger partial charge on any atom is -0.479 e. The van der Waals surface area contributed by atoms with Gasteiger partial charge in [0.05, 0.1) is 0 Å². The lowest BCUT2D eigenvalue weighted by molar-refractivity contribution is -0.148. The first-order valence-electron chi connectivity index (χ1n) is 8.96. The summed E-state index contributed by atoms with van der Waals surface area (Å²) in [5, 5.41) is 15.5. The first-order valence-corrected chi connectivity index (χ1v) is 11.2. The number of thiazole rings is 1. The average Bonchev–Trinajstić information content (AvgIpc) is 3.16. The molecule has 5 N–H and O–H groups in total. The zero-order chi connectivity index (χ0) is 25.6. The van der Waals surface area contributed by atoms with E-state index < -0.39 is 71.5 Å². The molecule has 17 nitrogen and oxygen atoms in total. The molecule has 2 rings (SSSR count). The Labute approximate surface area is 195 Å². The zero-order valence-electron chi connectivity index (χ0n) is 17.4. The average molecular weight is 525 g/mol. The number of hydrogen-bond acceptors (Lipinski definition) is 14. The lowest BCUT2D eigenvalue weighted by atomic mass is 9.99. The summed E-state index contributed by atoms with van der Waals surface area (Å²) in [6.45, 7) is -0.356. The van der Waals surface area contributed by atoms with Gasteiger partial charge < -0.3 is 35.2 Å². The number of aromatic nitrogens is 1. The molecule has 1 fully saturated rings. The third-order valence-electron chi connectivity index (χ3n) is 3.99. The van der Waals surface area contributed by atoms with Crippen LogP contribution in [0.1, 0.15) is 12.6 Å². The minimum atomic E-state index is -5.07. The first-order chi connectivity index (χ1) is 15.8. The van der Waals surface area contributed by atoms with Crippen LogP contribution in [0.15, 0.2) is 10.5 Å². The van der Waals surface area contributed by atoms with Gasteiger partial charge >= 0.3 is 22.4 Å². The number of oxime groups is 1. The molecule has 1 saturated heterocycles. The van der Waals surface area contributed by atoms with Crippen molar-refractivity contribution in [1.82, 2.24) is 14.6 Å². The molecule has 0 aliphatic carbocycles. The highest BCUT2D eigenvalue weighted by Gasteiger charge is 2.55. The topological polar surface area (TPSA) is 246 Å². The lowest BCUT2D eigenvalue weighted by Gasteiger charge is -2.43. The molecule has 0 bridgehead atoms. The Morgan fingerprint density at radius 2 is 2.09 bits per heavy atom. The summed E-state index contributed by atoms with van der Waals surface area (Å²) >= 11 is 0.916. The summed E-state index contributed by atoms with van der Waals surface area (Å²) in [6, 6.07) is -3.17. The normalized spacial score (nSPS) is 19.1. The molecule has 188 valence electrons. The highest BCUT2D eigenvalue weighted by molar-refractivity contribution is 7.84. The van der Waals surface area contributed by atoms with E-state index in [1.807, 2.05) is 0 Å². The number of carbonyl (C=O) groups excluding carboxylic acids is 3. The molecular formula is C15H19N5O12S2. The van der Waals surface area contributed by atoms with Crippen LogP contribution in [0, 0.1) is 0 Å². The smallest absolute Gasteiger partial charge is 0.479 e. The largest absolute Gasteiger partial charge is 0.510 e. The summed E-state index contributed by atoms with van der Waals surface area (Å²) in [4.78, 5) is 55.7. The maximum Gasteiger partial charge on any atom is 0.510 e. The molecule has 1 aliphatic rings. The number of carboxylic acid groups (broad SMARTS) is 1. The van der Waals surface area contributed by atoms with Gasteiger partial charge in [-0.25, -0.2) is 18.9 Å². The number of hydrogen-bond donors (Lipinski definition) is 4. The van der Waals surface area contributed by atoms with Gasteiger partial charge in [-0.05, 0) is 6.92 Å². The van der Waals surface area contributed by atoms with Crippen molar-refractivity contribution < 1.29 is 56.3 Å². The highest BCUT2D eigenvalue weighted by Crippen LogP contribution is 2.24. The van der Waals surface area contributed by atoms with Crippen molar-refractivity contribution in [3.63, 3.8) is 0 Å². The van der Waals surface area contributed by atoms with Gasteiger partial charge in [-0.2, -0.15) is 8.42 Å². The Kier molecular flexibility index (Phi) is 8.68. The van der Waals surface area contributed by atoms with Crippen LogP contribution in [0.3, 0.4) is 0 Å². The van der Waals surface area contributed by atoms with Crippen molar-refractivity contribution in [3.05, 3.63) is 11.1 Å². The fourth-order valence-electron chi connectivity index (χ4n) is 2.46. The van der Waals surface area contributed by atoms with Crippen molar-refractivity contribution in [1.29, 1.82) is 0 Å². The molecule has 1 aromatic heterocycles. The van der Waals surface area contributed by atoms with Gasteiger partial charge in [0.25, 0.3) is 11.8 Å². The van der Waals surface area contributed by atoms with E-state index in [0.717, 1.165) is 11.3 Å². The van der Waals surface area contributed by atoms with E-state index in [1.165, 1.54) is 19.4 Å². The van der Waals surface area contributed by atoms with Gasteiger partial charge in [0.15, 0.2) is 10.8 Å². The Morgan fingerprint density at radius 1 is 1.41 bits per heavy atom. The molecule has 2 heterocycles. The number of carbonyl (C=O) groups is 4. The number of β-lactam (4-membered cyclic amide) rings is 1. The predicted molar refractivity (Wildman–Crippen MR) is 110 cm³/mol. The maximum atomic E-state index is 12.7. The molecule has 34 heavy (non-hydrogen) atoms. The number of nitrogen functional groups attached to an aromatic ring is 1. The quantitative estimate of drug-likeness (QED) is 0.0620. The number of carboxylic acids is 1. The van der Waals surface area contributed by atoms with Crippen molar-refractivity contribution in [2.75, 3.05) is 26.1 Å². The molecule has 0 spiro atoms. The minimum absolute atomic E-state index is 0.0104. The number of nitrogens with zero attached hydrogens (tertiary/aromatic N) is 3. The van der Waals surface area contributed by atoms with Crippen molar-refractivity contribution in [3.8, 4) is 0 Å². The fraction of sp³-hybridized carbons (Fsp3) is 0.467. The molecule has 0 radical (unpaired) electrons. The van der Waals surface area contributed by atoms with Gasteiger partial charge in [0, 0.05) is 12.5 Å². The Morgan fingerprint density at radius 3 is 2.62 bits per heavy atom. The van der Waals surface area contributed by atoms with E-state index in [0.29, 0.717) is 0 Å². The van der Waals surface area contributed by atoms with Crippen LogP contribution >= 0.6 is 11.3 Å². The standard InChI is InChI=1S/C15H19N5O12S2/c1-6(29-2)32-15(25)30-3-8-11(13(24)20(8)34(26,27)28)18-12(23)10(19-31-4-9(21)22)7-5-33-14(16)17-7/h5-6,8,11H,3-4H2,1-2H3,(H2,16,17)(H,18,23)(H,21,22)(H,26,27,28)/t6?,8-,11+/m0/s1. The molecule has 0 saturated carbocycles. The summed E-state index contributed by atoms with van der Waals surface area (Å²) in [6.07, 6.45) is -2.28. The van der Waals surface area contributed by atoms with Gasteiger partial charge in [0.1, 0.15) is 24.4 Å². The van der Waals surface area contributed by atoms with E-state index in [9.17, 15) is 32.1 Å². The molecule has 3 atom stereocenters. The number of nitrogens with two attached hydrogens (primary N) is 1. The van der Waals surface area contributed by atoms with E-state index in [4.69, 9.17) is 20.3 Å². The third kappa shape index (κ3) is 6.73. The third-order valence-corrected chi connectivity index (χ3v) is 5.62. The van der Waals surface area contributed by atoms with Crippen molar-refractivity contribution >= 4 is 56.4 Å². The summed E-state index contributed by atoms with van der Waals surface area (Å²) in [7, 11) is -3.83. The van der Waals surface area contributed by atoms with Crippen LogP contribution in [0.5, 0.6) is 0 Å². The molecule has 1 aromatic rings. The molecule has 1 aliphatic heterocycles. The molecule has 19 heteroatoms. The van der Waals surface area contributed by atoms with E-state index in [1.54, 1.807) is 0 Å². The summed E-state index contributed by atoms with van der Waals surface area (Å²) in [5.41, 5.74) is 4.80. The fourth-order valence-corrected chi connectivity index (χ4v) is 3.87. The predicted octanol–water partition coefficient (Wildman–Crippen LogP) is -1.83. The molecule has 0 aromatic carbocycles. The number of ether oxygens (including phenoxy) is 3. The van der Waals surface area contributed by atoms with Crippen molar-refractivity contribution in [2.45, 2.75) is 25.3 Å². The number of rotatable bonds is 11. The van der Waals surface area contributed by atoms with Crippen LogP contribution < -0.4 is 11.1 Å². The van der Waals surface area contributed by atoms with Crippen molar-refractivity contribution in [2.24, 2.45) is 5.16 Å². The SMILES string of the molecule is COC(C)OC(=O)OC[C@H]1[C@@H](NC(=O)C(=NOCC(=O)O)c2csc(N)n2)C(=O)N1S(=O)(=O)O. The van der Waals surface area contributed by atoms with E-state index in [2.05, 4.69) is 25.0 Å². The Hall–Kier alpha value is -3.55. The second-order valence-electron chi connectivity index (χ2n) is 6.29. The van der Waals surface area contributed by atoms with Gasteiger partial charge in [-0.3, -0.25) is 14.1 Å². The zero-order valence-corrected chi connectivity index (χ0v) is 19.1. The lowest BCUT2D eigenvalue weighted by Crippen LogP contribution is -2.73. The molecular weight excluding hydrogens is 506 g/mol. The van der Waals surface area contributed by atoms with Gasteiger partial charge in [0.2, 0.25) is 12.9 Å². The highest BCUT2D eigenvalue weighted by atomic mass is 32.2. The number of nitrogens with one attached hydrogen (secondary N) is 1. The number of anilines is 1. The Balaban J connectivity index is 2.20. The van der Waals surface area contributed by atoms with Crippen LogP contribution in [0.4, 0.5) is 9.93 Å². The Bertz CT molecular complexity index is 1090. The van der Waals surface area contributed by atoms with Crippen LogP contribution in [0.25, 0.3) is 0 Å². The number of amides is 2. The van der Waals surface area contributed by atoms with Crippen LogP contribution in [-0.2, 0) is 43.7 Å². The monoisotopic (exact) mass is 525 g/mol. The number of aliphatic carboxylic acids is 1. The van der Waals surface area contributed by atoms with E-state index >= 15 is 0 Å². The second-order valence-corrected chi connectivity index (χ2v) is 8.47. The van der Waals surface area contributed by atoms with E-state index in [-0.39, 0.29) is 15.1 Å². The van der Waals surface area contributed by atoms with Gasteiger partial charge in [-0.15, -0.1) is 11.3 Å². The summed E-state index contributed by atoms with van der Waals surface area (Å²) in [5.74, 6) is -3.79. The molecule has 1 unspecified atom stereocenters.